The van der Waals surface area contributed by atoms with Crippen molar-refractivity contribution < 1.29 is 9.53 Å². The van der Waals surface area contributed by atoms with Gasteiger partial charge in [-0.2, -0.15) is 0 Å². The number of methoxy groups -OCH3 is 1. The Labute approximate surface area is 135 Å². The molecule has 0 saturated heterocycles. The molecule has 1 amide bonds. The van der Waals surface area contributed by atoms with Gasteiger partial charge in [0, 0.05) is 29.9 Å². The third-order valence-corrected chi connectivity index (χ3v) is 3.64. The van der Waals surface area contributed by atoms with Crippen LogP contribution in [0.1, 0.15) is 22.3 Å². The lowest BCUT2D eigenvalue weighted by Crippen LogP contribution is -2.30. The summed E-state index contributed by atoms with van der Waals surface area (Å²) in [4.78, 5) is 16.8. The molecule has 2 aromatic rings. The molecule has 5 heteroatoms. The molecular weight excluding hydrogens is 290 g/mol. The number of anilines is 1. The van der Waals surface area contributed by atoms with E-state index >= 15 is 0 Å². The van der Waals surface area contributed by atoms with Gasteiger partial charge in [-0.3, -0.25) is 9.79 Å². The molecule has 2 N–H and O–H groups in total. The summed E-state index contributed by atoms with van der Waals surface area (Å²) < 4.78 is 5.10. The van der Waals surface area contributed by atoms with E-state index in [0.29, 0.717) is 5.56 Å². The van der Waals surface area contributed by atoms with E-state index < -0.39 is 0 Å². The van der Waals surface area contributed by atoms with Gasteiger partial charge in [-0.1, -0.05) is 12.1 Å². The van der Waals surface area contributed by atoms with Crippen LogP contribution in [0.15, 0.2) is 53.5 Å². The fourth-order valence-electron chi connectivity index (χ4n) is 2.42. The zero-order valence-corrected chi connectivity index (χ0v) is 13.0. The van der Waals surface area contributed by atoms with Crippen molar-refractivity contribution in [1.82, 2.24) is 5.32 Å². The van der Waals surface area contributed by atoms with Crippen LogP contribution in [0.2, 0.25) is 0 Å². The summed E-state index contributed by atoms with van der Waals surface area (Å²) in [7, 11) is 1.60. The fraction of sp³-hybridized carbons (Fsp3) is 0.222. The molecule has 0 bridgehead atoms. The molecule has 1 aliphatic heterocycles. The van der Waals surface area contributed by atoms with Crippen molar-refractivity contribution in [2.24, 2.45) is 4.99 Å². The zero-order chi connectivity index (χ0) is 16.1. The van der Waals surface area contributed by atoms with Crippen LogP contribution in [0.3, 0.4) is 0 Å². The van der Waals surface area contributed by atoms with Crippen molar-refractivity contribution >= 4 is 17.4 Å². The summed E-state index contributed by atoms with van der Waals surface area (Å²) in [5, 5.41) is 6.20. The van der Waals surface area contributed by atoms with Gasteiger partial charge in [0.1, 0.15) is 11.6 Å². The van der Waals surface area contributed by atoms with E-state index in [0.717, 1.165) is 42.3 Å². The molecular formula is C18H19N3O2. The van der Waals surface area contributed by atoms with Crippen LogP contribution in [0.4, 0.5) is 5.69 Å². The second-order valence-electron chi connectivity index (χ2n) is 5.27. The Morgan fingerprint density at radius 3 is 2.74 bits per heavy atom. The van der Waals surface area contributed by atoms with Gasteiger partial charge < -0.3 is 15.4 Å². The van der Waals surface area contributed by atoms with Gasteiger partial charge in [0.05, 0.1) is 7.11 Å². The number of nitrogens with zero attached hydrogens (tertiary/aromatic N) is 1. The first kappa shape index (κ1) is 15.1. The van der Waals surface area contributed by atoms with E-state index in [2.05, 4.69) is 15.6 Å². The second kappa shape index (κ2) is 6.96. The average Bonchev–Trinajstić information content (AvgIpc) is 2.63. The van der Waals surface area contributed by atoms with Gasteiger partial charge in [0.25, 0.3) is 5.91 Å². The minimum absolute atomic E-state index is 0.150. The summed E-state index contributed by atoms with van der Waals surface area (Å²) in [5.41, 5.74) is 2.32. The summed E-state index contributed by atoms with van der Waals surface area (Å²) in [5.74, 6) is 1.46. The fourth-order valence-corrected chi connectivity index (χ4v) is 2.42. The number of carbonyl (C=O) groups excluding carboxylic acids is 1. The predicted octanol–water partition coefficient (Wildman–Crippen LogP) is 2.69. The minimum atomic E-state index is -0.150. The van der Waals surface area contributed by atoms with E-state index in [9.17, 15) is 4.79 Å². The second-order valence-corrected chi connectivity index (χ2v) is 5.27. The number of hydrogen-bond donors (Lipinski definition) is 2. The van der Waals surface area contributed by atoms with Crippen molar-refractivity contribution in [3.8, 4) is 5.75 Å². The Bertz CT molecular complexity index is 723. The Hall–Kier alpha value is -2.82. The average molecular weight is 309 g/mol. The molecule has 3 rings (SSSR count). The normalized spacial score (nSPS) is 13.7. The van der Waals surface area contributed by atoms with Gasteiger partial charge >= 0.3 is 0 Å². The predicted molar refractivity (Wildman–Crippen MR) is 91.4 cm³/mol. The molecule has 2 aromatic carbocycles. The quantitative estimate of drug-likeness (QED) is 0.913. The molecule has 0 aromatic heterocycles. The highest BCUT2D eigenvalue weighted by Gasteiger charge is 2.10. The van der Waals surface area contributed by atoms with Crippen molar-refractivity contribution in [2.45, 2.75) is 6.42 Å². The van der Waals surface area contributed by atoms with Crippen molar-refractivity contribution in [3.05, 3.63) is 59.7 Å². The molecule has 0 unspecified atom stereocenters. The van der Waals surface area contributed by atoms with E-state index in [4.69, 9.17) is 4.74 Å². The Morgan fingerprint density at radius 2 is 2.04 bits per heavy atom. The van der Waals surface area contributed by atoms with Gasteiger partial charge in [-0.05, 0) is 42.8 Å². The van der Waals surface area contributed by atoms with Crippen LogP contribution in [0.25, 0.3) is 0 Å². The van der Waals surface area contributed by atoms with Crippen molar-refractivity contribution in [2.75, 3.05) is 25.5 Å². The lowest BCUT2D eigenvalue weighted by molar-refractivity contribution is 0.102. The van der Waals surface area contributed by atoms with Crippen LogP contribution in [0, 0.1) is 0 Å². The Balaban J connectivity index is 1.74. The summed E-state index contributed by atoms with van der Waals surface area (Å²) in [6.45, 7) is 1.77. The first-order chi connectivity index (χ1) is 11.3. The molecule has 0 saturated carbocycles. The molecule has 0 fully saturated rings. The first-order valence-corrected chi connectivity index (χ1v) is 7.60. The number of rotatable bonds is 4. The minimum Gasteiger partial charge on any atom is -0.497 e. The van der Waals surface area contributed by atoms with E-state index in [1.165, 1.54) is 0 Å². The molecule has 118 valence electrons. The number of benzene rings is 2. The summed E-state index contributed by atoms with van der Waals surface area (Å²) in [6, 6.07) is 14.7. The van der Waals surface area contributed by atoms with E-state index in [1.54, 1.807) is 31.4 Å². The van der Waals surface area contributed by atoms with Gasteiger partial charge in [-0.15, -0.1) is 0 Å². The standard InChI is InChI=1S/C18H19N3O2/c1-23-16-8-6-13(7-9-16)18(22)21-15-5-2-4-14(12-15)17-19-10-3-11-20-17/h2,4-9,12H,3,10-11H2,1H3,(H,19,20)(H,21,22). The van der Waals surface area contributed by atoms with Gasteiger partial charge in [-0.25, -0.2) is 0 Å². The number of amidine groups is 1. The number of ether oxygens (including phenoxy) is 1. The molecule has 23 heavy (non-hydrogen) atoms. The van der Waals surface area contributed by atoms with Crippen molar-refractivity contribution in [1.29, 1.82) is 0 Å². The third-order valence-electron chi connectivity index (χ3n) is 3.64. The topological polar surface area (TPSA) is 62.7 Å². The molecule has 1 heterocycles. The number of aliphatic imine (C=N–C) groups is 1. The molecule has 1 aliphatic rings. The monoisotopic (exact) mass is 309 g/mol. The number of nitrogens with one attached hydrogen (secondary N) is 2. The summed E-state index contributed by atoms with van der Waals surface area (Å²) >= 11 is 0. The summed E-state index contributed by atoms with van der Waals surface area (Å²) in [6.07, 6.45) is 1.05. The maximum absolute atomic E-state index is 12.3. The van der Waals surface area contributed by atoms with Crippen molar-refractivity contribution in [3.63, 3.8) is 0 Å². The number of amides is 1. The maximum atomic E-state index is 12.3. The molecule has 0 atom stereocenters. The Morgan fingerprint density at radius 1 is 1.22 bits per heavy atom. The van der Waals surface area contributed by atoms with Crippen LogP contribution in [-0.2, 0) is 0 Å². The van der Waals surface area contributed by atoms with Gasteiger partial charge in [0.15, 0.2) is 0 Å². The third kappa shape index (κ3) is 3.69. The van der Waals surface area contributed by atoms with Crippen LogP contribution in [-0.4, -0.2) is 31.9 Å². The van der Waals surface area contributed by atoms with Gasteiger partial charge in [0.2, 0.25) is 0 Å². The molecule has 5 nitrogen and oxygen atoms in total. The highest BCUT2D eigenvalue weighted by atomic mass is 16.5. The first-order valence-electron chi connectivity index (χ1n) is 7.60. The number of carbonyl (C=O) groups is 1. The highest BCUT2D eigenvalue weighted by molar-refractivity contribution is 6.05. The van der Waals surface area contributed by atoms with Crippen LogP contribution < -0.4 is 15.4 Å². The highest BCUT2D eigenvalue weighted by Crippen LogP contribution is 2.15. The Kier molecular flexibility index (Phi) is 4.57. The zero-order valence-electron chi connectivity index (χ0n) is 13.0. The largest absolute Gasteiger partial charge is 0.497 e. The number of hydrogen-bond acceptors (Lipinski definition) is 4. The van der Waals surface area contributed by atoms with E-state index in [1.807, 2.05) is 24.3 Å². The lowest BCUT2D eigenvalue weighted by atomic mass is 10.1. The molecule has 0 aliphatic carbocycles. The SMILES string of the molecule is COc1ccc(C(=O)Nc2cccc(C3=NCCCN3)c2)cc1. The maximum Gasteiger partial charge on any atom is 0.255 e. The van der Waals surface area contributed by atoms with Crippen LogP contribution >= 0.6 is 0 Å². The molecule has 0 spiro atoms. The van der Waals surface area contributed by atoms with Crippen LogP contribution in [0.5, 0.6) is 5.75 Å². The molecule has 0 radical (unpaired) electrons. The smallest absolute Gasteiger partial charge is 0.255 e. The lowest BCUT2D eigenvalue weighted by Gasteiger charge is -2.15. The van der Waals surface area contributed by atoms with E-state index in [-0.39, 0.29) is 5.91 Å².